The van der Waals surface area contributed by atoms with Crippen molar-refractivity contribution >= 4 is 30.0 Å². The summed E-state index contributed by atoms with van der Waals surface area (Å²) in [5, 5.41) is 8.66. The van der Waals surface area contributed by atoms with Gasteiger partial charge in [-0.05, 0) is 69.1 Å². The molecule has 2 aliphatic carbocycles. The molecule has 3 amide bonds. The van der Waals surface area contributed by atoms with Gasteiger partial charge in [-0.15, -0.1) is 12.4 Å². The molecule has 28 heavy (non-hydrogen) atoms. The Labute approximate surface area is 173 Å². The highest BCUT2D eigenvalue weighted by molar-refractivity contribution is 5.89. The molecular weight excluding hydrogens is 376 g/mol. The molecule has 2 unspecified atom stereocenters. The summed E-state index contributed by atoms with van der Waals surface area (Å²) in [5.41, 5.74) is 8.07. The molecule has 0 saturated heterocycles. The van der Waals surface area contributed by atoms with Crippen molar-refractivity contribution in [2.24, 2.45) is 23.5 Å². The summed E-state index contributed by atoms with van der Waals surface area (Å²) in [5.74, 6) is 1.27. The van der Waals surface area contributed by atoms with Crippen LogP contribution in [0.5, 0.6) is 0 Å². The molecule has 0 heterocycles. The fourth-order valence-electron chi connectivity index (χ4n) is 4.47. The van der Waals surface area contributed by atoms with E-state index in [2.05, 4.69) is 16.0 Å². The topological polar surface area (TPSA) is 96.2 Å². The van der Waals surface area contributed by atoms with E-state index >= 15 is 0 Å². The fourth-order valence-corrected chi connectivity index (χ4v) is 4.47. The first-order valence-electron chi connectivity index (χ1n) is 10.1. The number of amides is 3. The van der Waals surface area contributed by atoms with Crippen molar-refractivity contribution < 1.29 is 9.59 Å². The van der Waals surface area contributed by atoms with Gasteiger partial charge in [-0.1, -0.05) is 18.6 Å². The molecular formula is C21H33ClN4O2. The standard InChI is InChI=1S/C21H32N4O2.ClH/c1-13(2)24-21(27)25-18-8-6-14(7-9-18)12-23-20(26)17-10-15-4-3-5-16(11-17)19(15)22;/h6-9,13,15-17,19H,3-5,10-12,22H2,1-2H3,(H,23,26)(H2,24,25,27);1H. The smallest absolute Gasteiger partial charge is 0.319 e. The van der Waals surface area contributed by atoms with Crippen LogP contribution in [0.4, 0.5) is 10.5 Å². The van der Waals surface area contributed by atoms with Gasteiger partial charge in [-0.2, -0.15) is 0 Å². The number of hydrogen-bond acceptors (Lipinski definition) is 3. The van der Waals surface area contributed by atoms with Gasteiger partial charge < -0.3 is 21.7 Å². The zero-order chi connectivity index (χ0) is 19.4. The lowest BCUT2D eigenvalue weighted by Crippen LogP contribution is -2.49. The summed E-state index contributed by atoms with van der Waals surface area (Å²) in [7, 11) is 0. The summed E-state index contributed by atoms with van der Waals surface area (Å²) in [4.78, 5) is 24.3. The maximum absolute atomic E-state index is 12.6. The number of urea groups is 1. The minimum Gasteiger partial charge on any atom is -0.352 e. The average molecular weight is 409 g/mol. The number of halogens is 1. The number of carbonyl (C=O) groups excluding carboxylic acids is 2. The quantitative estimate of drug-likeness (QED) is 0.601. The van der Waals surface area contributed by atoms with Crippen LogP contribution in [-0.4, -0.2) is 24.0 Å². The number of hydrogen-bond donors (Lipinski definition) is 4. The van der Waals surface area contributed by atoms with Gasteiger partial charge in [0.05, 0.1) is 0 Å². The van der Waals surface area contributed by atoms with Crippen molar-refractivity contribution in [1.29, 1.82) is 0 Å². The van der Waals surface area contributed by atoms with Crippen LogP contribution in [0.25, 0.3) is 0 Å². The van der Waals surface area contributed by atoms with Crippen LogP contribution in [0.1, 0.15) is 51.5 Å². The van der Waals surface area contributed by atoms with Crippen LogP contribution < -0.4 is 21.7 Å². The molecule has 6 nitrogen and oxygen atoms in total. The molecule has 2 fully saturated rings. The lowest BCUT2D eigenvalue weighted by molar-refractivity contribution is -0.128. The molecule has 2 atom stereocenters. The maximum atomic E-state index is 12.6. The van der Waals surface area contributed by atoms with E-state index in [1.54, 1.807) is 0 Å². The van der Waals surface area contributed by atoms with Crippen molar-refractivity contribution in [3.05, 3.63) is 29.8 Å². The van der Waals surface area contributed by atoms with E-state index in [0.29, 0.717) is 18.4 Å². The summed E-state index contributed by atoms with van der Waals surface area (Å²) < 4.78 is 0. The highest BCUT2D eigenvalue weighted by Gasteiger charge is 2.40. The first-order chi connectivity index (χ1) is 12.9. The van der Waals surface area contributed by atoms with Crippen LogP contribution in [0.3, 0.4) is 0 Å². The molecule has 2 bridgehead atoms. The molecule has 7 heteroatoms. The second kappa shape index (κ2) is 10.1. The summed E-state index contributed by atoms with van der Waals surface area (Å²) in [6, 6.07) is 7.72. The Morgan fingerprint density at radius 1 is 1.11 bits per heavy atom. The average Bonchev–Trinajstić information content (AvgIpc) is 2.60. The second-order valence-corrected chi connectivity index (χ2v) is 8.36. The third kappa shape index (κ3) is 5.85. The van der Waals surface area contributed by atoms with E-state index in [1.807, 2.05) is 38.1 Å². The van der Waals surface area contributed by atoms with E-state index < -0.39 is 0 Å². The predicted octanol–water partition coefficient (Wildman–Crippen LogP) is 3.41. The Morgan fingerprint density at radius 2 is 1.71 bits per heavy atom. The highest BCUT2D eigenvalue weighted by Crippen LogP contribution is 2.41. The number of rotatable bonds is 5. The van der Waals surface area contributed by atoms with E-state index in [-0.39, 0.29) is 42.3 Å². The molecule has 0 aliphatic heterocycles. The first kappa shape index (κ1) is 22.5. The number of anilines is 1. The van der Waals surface area contributed by atoms with Crippen molar-refractivity contribution in [2.75, 3.05) is 5.32 Å². The van der Waals surface area contributed by atoms with Gasteiger partial charge in [0, 0.05) is 30.2 Å². The van der Waals surface area contributed by atoms with Crippen molar-refractivity contribution in [3.63, 3.8) is 0 Å². The van der Waals surface area contributed by atoms with Gasteiger partial charge in [0.15, 0.2) is 0 Å². The van der Waals surface area contributed by atoms with E-state index in [0.717, 1.165) is 24.1 Å². The third-order valence-corrected chi connectivity index (χ3v) is 5.88. The van der Waals surface area contributed by atoms with Gasteiger partial charge in [-0.25, -0.2) is 4.79 Å². The third-order valence-electron chi connectivity index (χ3n) is 5.88. The van der Waals surface area contributed by atoms with Crippen LogP contribution in [0.2, 0.25) is 0 Å². The summed E-state index contributed by atoms with van der Waals surface area (Å²) in [6.45, 7) is 4.34. The highest BCUT2D eigenvalue weighted by atomic mass is 35.5. The van der Waals surface area contributed by atoms with Gasteiger partial charge in [-0.3, -0.25) is 4.79 Å². The Balaban J connectivity index is 0.00000280. The Morgan fingerprint density at radius 3 is 2.29 bits per heavy atom. The minimum atomic E-state index is -0.216. The number of nitrogens with one attached hydrogen (secondary N) is 3. The van der Waals surface area contributed by atoms with Gasteiger partial charge in [0.1, 0.15) is 0 Å². The van der Waals surface area contributed by atoms with Crippen LogP contribution in [0.15, 0.2) is 24.3 Å². The van der Waals surface area contributed by atoms with Gasteiger partial charge in [0.2, 0.25) is 5.91 Å². The SMILES string of the molecule is CC(C)NC(=O)Nc1ccc(CNC(=O)C2CC3CCCC(C2)C3N)cc1.Cl. The van der Waals surface area contributed by atoms with Crippen LogP contribution in [0, 0.1) is 17.8 Å². The largest absolute Gasteiger partial charge is 0.352 e. The Hall–Kier alpha value is -1.79. The summed E-state index contributed by atoms with van der Waals surface area (Å²) in [6.07, 6.45) is 5.45. The van der Waals surface area contributed by atoms with Crippen molar-refractivity contribution in [3.8, 4) is 0 Å². The number of carbonyl (C=O) groups is 2. The lowest BCUT2D eigenvalue weighted by Gasteiger charge is -2.43. The van der Waals surface area contributed by atoms with Crippen LogP contribution in [-0.2, 0) is 11.3 Å². The number of nitrogens with two attached hydrogens (primary N) is 1. The normalized spacial score (nSPS) is 26.1. The monoisotopic (exact) mass is 408 g/mol. The molecule has 2 saturated carbocycles. The molecule has 3 rings (SSSR count). The zero-order valence-corrected chi connectivity index (χ0v) is 17.6. The molecule has 156 valence electrons. The van der Waals surface area contributed by atoms with Gasteiger partial charge in [0.25, 0.3) is 0 Å². The summed E-state index contributed by atoms with van der Waals surface area (Å²) >= 11 is 0. The Kier molecular flexibility index (Phi) is 8.13. The predicted molar refractivity (Wildman–Crippen MR) is 114 cm³/mol. The lowest BCUT2D eigenvalue weighted by atomic mass is 9.65. The Bertz CT molecular complexity index is 651. The molecule has 2 aliphatic rings. The number of fused-ring (bicyclic) bond motifs is 2. The van der Waals surface area contributed by atoms with E-state index in [9.17, 15) is 9.59 Å². The van der Waals surface area contributed by atoms with Crippen molar-refractivity contribution in [2.45, 2.75) is 64.6 Å². The molecule has 5 N–H and O–H groups in total. The minimum absolute atomic E-state index is 0. The molecule has 0 aromatic heterocycles. The fraction of sp³-hybridized carbons (Fsp3) is 0.619. The molecule has 0 spiro atoms. The molecule has 1 aromatic carbocycles. The zero-order valence-electron chi connectivity index (χ0n) is 16.7. The van der Waals surface area contributed by atoms with Gasteiger partial charge >= 0.3 is 6.03 Å². The number of benzene rings is 1. The molecule has 0 radical (unpaired) electrons. The van der Waals surface area contributed by atoms with E-state index in [1.165, 1.54) is 19.3 Å². The maximum Gasteiger partial charge on any atom is 0.319 e. The first-order valence-corrected chi connectivity index (χ1v) is 10.1. The second-order valence-electron chi connectivity index (χ2n) is 8.36. The molecule has 1 aromatic rings. The van der Waals surface area contributed by atoms with Crippen LogP contribution >= 0.6 is 12.4 Å². The van der Waals surface area contributed by atoms with E-state index in [4.69, 9.17) is 5.73 Å². The van der Waals surface area contributed by atoms with Crippen molar-refractivity contribution in [1.82, 2.24) is 10.6 Å².